The molecular weight excluding hydrogens is 339 g/mol. The minimum Gasteiger partial charge on any atom is -0.490 e. The summed E-state index contributed by atoms with van der Waals surface area (Å²) < 4.78 is 25.4. The van der Waals surface area contributed by atoms with E-state index < -0.39 is 0 Å². The van der Waals surface area contributed by atoms with Gasteiger partial charge in [-0.05, 0) is 42.0 Å². The van der Waals surface area contributed by atoms with Gasteiger partial charge in [0.2, 0.25) is 0 Å². The van der Waals surface area contributed by atoms with E-state index in [1.54, 1.807) is 12.1 Å². The smallest absolute Gasteiger partial charge is 0.137 e. The van der Waals surface area contributed by atoms with E-state index in [4.69, 9.17) is 9.47 Å². The van der Waals surface area contributed by atoms with Gasteiger partial charge in [-0.3, -0.25) is 0 Å². The van der Waals surface area contributed by atoms with Crippen LogP contribution < -0.4 is 9.47 Å². The van der Waals surface area contributed by atoms with Crippen LogP contribution >= 0.6 is 15.9 Å². The van der Waals surface area contributed by atoms with Crippen molar-refractivity contribution < 1.29 is 19.0 Å². The van der Waals surface area contributed by atoms with Crippen LogP contribution in [0, 0.1) is 5.82 Å². The molecule has 21 heavy (non-hydrogen) atoms. The number of hydrogen-bond donors (Lipinski definition) is 1. The summed E-state index contributed by atoms with van der Waals surface area (Å²) in [6.07, 6.45) is 0.513. The second-order valence-electron chi connectivity index (χ2n) is 4.92. The molecule has 2 aromatic rings. The monoisotopic (exact) mass is 352 g/mol. The van der Waals surface area contributed by atoms with Gasteiger partial charge in [-0.25, -0.2) is 4.39 Å². The molecule has 0 spiro atoms. The molecule has 0 aliphatic carbocycles. The van der Waals surface area contributed by atoms with Gasteiger partial charge >= 0.3 is 0 Å². The van der Waals surface area contributed by atoms with E-state index in [1.807, 2.05) is 12.1 Å². The Balaban J connectivity index is 1.62. The number of hydrogen-bond acceptors (Lipinski definition) is 3. The number of fused-ring (bicyclic) bond motifs is 1. The zero-order chi connectivity index (χ0) is 14.8. The lowest BCUT2D eigenvalue weighted by Crippen LogP contribution is -2.22. The highest BCUT2D eigenvalue weighted by molar-refractivity contribution is 9.10. The second kappa shape index (κ2) is 6.03. The largest absolute Gasteiger partial charge is 0.490 e. The topological polar surface area (TPSA) is 38.7 Å². The lowest BCUT2D eigenvalue weighted by molar-refractivity contribution is 0.148. The average Bonchev–Trinajstić information content (AvgIpc) is 2.88. The fourth-order valence-corrected chi connectivity index (χ4v) is 2.71. The van der Waals surface area contributed by atoms with Gasteiger partial charge in [-0.2, -0.15) is 0 Å². The molecule has 0 radical (unpaired) electrons. The summed E-state index contributed by atoms with van der Waals surface area (Å²) >= 11 is 3.36. The molecule has 1 N–H and O–H groups in total. The van der Waals surface area contributed by atoms with Crippen molar-refractivity contribution in [3.05, 3.63) is 57.8 Å². The first-order valence-electron chi connectivity index (χ1n) is 6.63. The molecule has 5 heteroatoms. The molecule has 2 aromatic carbocycles. The summed E-state index contributed by atoms with van der Waals surface area (Å²) in [5.41, 5.74) is 1.64. The van der Waals surface area contributed by atoms with Gasteiger partial charge in [0, 0.05) is 16.5 Å². The zero-order valence-corrected chi connectivity index (χ0v) is 12.8. The lowest BCUT2D eigenvalue weighted by Gasteiger charge is -2.13. The van der Waals surface area contributed by atoms with Gasteiger partial charge in [0.1, 0.15) is 30.0 Å². The van der Waals surface area contributed by atoms with Gasteiger partial charge in [-0.15, -0.1) is 0 Å². The van der Waals surface area contributed by atoms with Crippen LogP contribution in [0.25, 0.3) is 0 Å². The van der Waals surface area contributed by atoms with Crippen molar-refractivity contribution >= 4 is 15.9 Å². The lowest BCUT2D eigenvalue weighted by atomic mass is 10.1. The Labute approximate surface area is 130 Å². The summed E-state index contributed by atoms with van der Waals surface area (Å²) in [5, 5.41) is 9.22. The Bertz CT molecular complexity index is 660. The van der Waals surface area contributed by atoms with Crippen molar-refractivity contribution in [1.29, 1.82) is 0 Å². The maximum atomic E-state index is 13.1. The Morgan fingerprint density at radius 1 is 1.29 bits per heavy atom. The second-order valence-corrected chi connectivity index (χ2v) is 5.77. The van der Waals surface area contributed by atoms with Crippen LogP contribution in [0.15, 0.2) is 40.9 Å². The highest BCUT2D eigenvalue weighted by Gasteiger charge is 2.23. The Kier molecular flexibility index (Phi) is 4.12. The number of rotatable bonds is 4. The summed E-state index contributed by atoms with van der Waals surface area (Å²) in [7, 11) is 0. The van der Waals surface area contributed by atoms with Crippen molar-refractivity contribution in [1.82, 2.24) is 0 Å². The highest BCUT2D eigenvalue weighted by atomic mass is 79.9. The van der Waals surface area contributed by atoms with E-state index in [0.29, 0.717) is 18.8 Å². The first-order valence-corrected chi connectivity index (χ1v) is 7.42. The molecule has 1 heterocycles. The maximum Gasteiger partial charge on any atom is 0.137 e. The normalized spacial score (nSPS) is 16.4. The molecule has 1 atom stereocenters. The van der Waals surface area contributed by atoms with Crippen molar-refractivity contribution in [3.8, 4) is 11.5 Å². The van der Waals surface area contributed by atoms with Gasteiger partial charge in [0.25, 0.3) is 0 Å². The number of aliphatic hydroxyl groups is 1. The summed E-state index contributed by atoms with van der Waals surface area (Å²) in [6.45, 7) is 0.325. The van der Waals surface area contributed by atoms with Gasteiger partial charge in [0.15, 0.2) is 0 Å². The van der Waals surface area contributed by atoms with Crippen LogP contribution in [0.2, 0.25) is 0 Å². The molecular formula is C16H14BrFO3. The molecule has 1 aliphatic rings. The van der Waals surface area contributed by atoms with Crippen molar-refractivity contribution in [2.24, 2.45) is 0 Å². The van der Waals surface area contributed by atoms with Crippen molar-refractivity contribution in [3.63, 3.8) is 0 Å². The third-order valence-corrected chi connectivity index (χ3v) is 4.16. The van der Waals surface area contributed by atoms with Crippen LogP contribution in [0.1, 0.15) is 11.1 Å². The SMILES string of the molecule is OCc1cc(OCC2Cc3cc(F)ccc3O2)ccc1Br. The van der Waals surface area contributed by atoms with Crippen molar-refractivity contribution in [2.75, 3.05) is 6.61 Å². The van der Waals surface area contributed by atoms with Gasteiger partial charge in [-0.1, -0.05) is 15.9 Å². The van der Waals surface area contributed by atoms with E-state index in [9.17, 15) is 9.50 Å². The van der Waals surface area contributed by atoms with Gasteiger partial charge < -0.3 is 14.6 Å². The molecule has 1 aliphatic heterocycles. The third-order valence-electron chi connectivity index (χ3n) is 3.39. The average molecular weight is 353 g/mol. The molecule has 0 fully saturated rings. The van der Waals surface area contributed by atoms with Crippen molar-refractivity contribution in [2.45, 2.75) is 19.1 Å². The predicted molar refractivity (Wildman–Crippen MR) is 80.1 cm³/mol. The third kappa shape index (κ3) is 3.19. The number of ether oxygens (including phenoxy) is 2. The fraction of sp³-hybridized carbons (Fsp3) is 0.250. The summed E-state index contributed by atoms with van der Waals surface area (Å²) in [4.78, 5) is 0. The van der Waals surface area contributed by atoms with E-state index in [-0.39, 0.29) is 18.5 Å². The summed E-state index contributed by atoms with van der Waals surface area (Å²) in [6, 6.07) is 9.98. The molecule has 0 aromatic heterocycles. The number of benzene rings is 2. The maximum absolute atomic E-state index is 13.1. The Morgan fingerprint density at radius 2 is 2.14 bits per heavy atom. The van der Waals surface area contributed by atoms with Crippen LogP contribution in [-0.2, 0) is 13.0 Å². The molecule has 110 valence electrons. The first kappa shape index (κ1) is 14.4. The van der Waals surface area contributed by atoms with E-state index in [1.165, 1.54) is 12.1 Å². The summed E-state index contributed by atoms with van der Waals surface area (Å²) in [5.74, 6) is 1.14. The highest BCUT2D eigenvalue weighted by Crippen LogP contribution is 2.30. The fourth-order valence-electron chi connectivity index (χ4n) is 2.33. The first-order chi connectivity index (χ1) is 10.2. The molecule has 0 saturated carbocycles. The van der Waals surface area contributed by atoms with E-state index in [2.05, 4.69) is 15.9 Å². The number of halogens is 2. The Hall–Kier alpha value is -1.59. The molecule has 0 bridgehead atoms. The zero-order valence-electron chi connectivity index (χ0n) is 11.2. The molecule has 3 rings (SSSR count). The van der Waals surface area contributed by atoms with Crippen LogP contribution in [0.5, 0.6) is 11.5 Å². The molecule has 1 unspecified atom stereocenters. The van der Waals surface area contributed by atoms with Gasteiger partial charge in [0.05, 0.1) is 6.61 Å². The standard InChI is InChI=1S/C16H14BrFO3/c17-15-3-2-13(7-11(15)8-19)20-9-14-6-10-5-12(18)1-4-16(10)21-14/h1-5,7,14,19H,6,8-9H2. The minimum atomic E-state index is -0.251. The predicted octanol–water partition coefficient (Wildman–Crippen LogP) is 3.46. The van der Waals surface area contributed by atoms with Crippen LogP contribution in [0.3, 0.4) is 0 Å². The van der Waals surface area contributed by atoms with E-state index in [0.717, 1.165) is 21.3 Å². The number of aliphatic hydroxyl groups excluding tert-OH is 1. The van der Waals surface area contributed by atoms with Crippen LogP contribution in [-0.4, -0.2) is 17.8 Å². The quantitative estimate of drug-likeness (QED) is 0.915. The van der Waals surface area contributed by atoms with E-state index >= 15 is 0 Å². The molecule has 3 nitrogen and oxygen atoms in total. The minimum absolute atomic E-state index is 0.0531. The van der Waals surface area contributed by atoms with Crippen LogP contribution in [0.4, 0.5) is 4.39 Å². The molecule has 0 amide bonds. The Morgan fingerprint density at radius 3 is 2.95 bits per heavy atom. The molecule has 0 saturated heterocycles.